The van der Waals surface area contributed by atoms with Gasteiger partial charge in [0, 0.05) is 6.54 Å². The van der Waals surface area contributed by atoms with Crippen molar-refractivity contribution in [2.75, 3.05) is 11.9 Å². The fourth-order valence-electron chi connectivity index (χ4n) is 2.34. The lowest BCUT2D eigenvalue weighted by atomic mass is 10.1. The van der Waals surface area contributed by atoms with Crippen LogP contribution in [0.2, 0.25) is 0 Å². The fourth-order valence-corrected chi connectivity index (χ4v) is 2.34. The lowest BCUT2D eigenvalue weighted by Crippen LogP contribution is -2.33. The van der Waals surface area contributed by atoms with Crippen LogP contribution in [0.3, 0.4) is 0 Å². The van der Waals surface area contributed by atoms with Crippen LogP contribution in [0.1, 0.15) is 37.0 Å². The van der Waals surface area contributed by atoms with Gasteiger partial charge in [-0.3, -0.25) is 9.59 Å². The van der Waals surface area contributed by atoms with Gasteiger partial charge >= 0.3 is 0 Å². The summed E-state index contributed by atoms with van der Waals surface area (Å²) in [6.07, 6.45) is 0.490. The summed E-state index contributed by atoms with van der Waals surface area (Å²) in [6, 6.07) is 12.3. The van der Waals surface area contributed by atoms with Gasteiger partial charge in [0.15, 0.2) is 6.10 Å². The number of para-hydroxylation sites is 1. The number of benzene rings is 2. The van der Waals surface area contributed by atoms with Gasteiger partial charge in [-0.15, -0.1) is 0 Å². The van der Waals surface area contributed by atoms with Gasteiger partial charge in [-0.2, -0.15) is 0 Å². The van der Waals surface area contributed by atoms with Gasteiger partial charge in [0.2, 0.25) is 0 Å². The lowest BCUT2D eigenvalue weighted by molar-refractivity contribution is -0.122. The Bertz CT molecular complexity index is 747. The molecule has 0 unspecified atom stereocenters. The summed E-state index contributed by atoms with van der Waals surface area (Å²) < 4.78 is 18.6. The van der Waals surface area contributed by atoms with E-state index in [0.717, 1.165) is 6.42 Å². The van der Waals surface area contributed by atoms with Crippen LogP contribution >= 0.6 is 0 Å². The molecular formula is C20H23FN2O3. The van der Waals surface area contributed by atoms with Gasteiger partial charge in [-0.05, 0) is 49.2 Å². The molecule has 2 aromatic carbocycles. The largest absolute Gasteiger partial charge is 0.481 e. The van der Waals surface area contributed by atoms with Gasteiger partial charge in [0.05, 0.1) is 11.3 Å². The summed E-state index contributed by atoms with van der Waals surface area (Å²) >= 11 is 0. The van der Waals surface area contributed by atoms with Crippen molar-refractivity contribution < 1.29 is 18.7 Å². The average molecular weight is 358 g/mol. The molecule has 0 aliphatic rings. The molecule has 2 amide bonds. The van der Waals surface area contributed by atoms with Crippen molar-refractivity contribution in [1.82, 2.24) is 5.32 Å². The van der Waals surface area contributed by atoms with Crippen molar-refractivity contribution in [3.05, 3.63) is 59.9 Å². The van der Waals surface area contributed by atoms with Crippen LogP contribution < -0.4 is 15.4 Å². The minimum absolute atomic E-state index is 0.241. The number of nitrogens with one attached hydrogen (secondary N) is 2. The van der Waals surface area contributed by atoms with Crippen molar-refractivity contribution in [2.24, 2.45) is 0 Å². The molecule has 0 radical (unpaired) electrons. The number of ether oxygens (including phenoxy) is 1. The zero-order valence-electron chi connectivity index (χ0n) is 14.9. The summed E-state index contributed by atoms with van der Waals surface area (Å²) in [5.41, 5.74) is 0.818. The van der Waals surface area contributed by atoms with Gasteiger partial charge in [-0.1, -0.05) is 26.0 Å². The highest BCUT2D eigenvalue weighted by Crippen LogP contribution is 2.18. The Morgan fingerprint density at radius 3 is 2.42 bits per heavy atom. The third kappa shape index (κ3) is 5.31. The maximum Gasteiger partial charge on any atom is 0.265 e. The summed E-state index contributed by atoms with van der Waals surface area (Å²) in [4.78, 5) is 24.8. The number of rotatable bonds is 8. The van der Waals surface area contributed by atoms with Crippen LogP contribution in [0.4, 0.5) is 10.1 Å². The highest BCUT2D eigenvalue weighted by Gasteiger charge is 2.21. The molecule has 0 spiro atoms. The molecule has 2 N–H and O–H groups in total. The molecule has 0 aliphatic carbocycles. The maximum absolute atomic E-state index is 13.0. The number of hydrogen-bond donors (Lipinski definition) is 2. The summed E-state index contributed by atoms with van der Waals surface area (Å²) in [5, 5.41) is 5.55. The first-order chi connectivity index (χ1) is 12.5. The molecular weight excluding hydrogens is 335 g/mol. The molecule has 0 aromatic heterocycles. The monoisotopic (exact) mass is 358 g/mol. The van der Waals surface area contributed by atoms with Crippen molar-refractivity contribution in [3.63, 3.8) is 0 Å². The van der Waals surface area contributed by atoms with Crippen LogP contribution in [-0.2, 0) is 4.79 Å². The standard InChI is InChI=1S/C20H23FN2O3/c1-3-13-22-19(24)16-7-5-6-8-17(16)23-20(25)18(4-2)26-15-11-9-14(21)10-12-15/h5-12,18H,3-4,13H2,1-2H3,(H,22,24)(H,23,25)/t18-/m0/s1. The van der Waals surface area contributed by atoms with Gasteiger partial charge in [-0.25, -0.2) is 4.39 Å². The normalized spacial score (nSPS) is 11.5. The zero-order chi connectivity index (χ0) is 18.9. The number of carbonyl (C=O) groups is 2. The van der Waals surface area contributed by atoms with Crippen molar-refractivity contribution in [3.8, 4) is 5.75 Å². The van der Waals surface area contributed by atoms with Crippen LogP contribution in [0, 0.1) is 5.82 Å². The van der Waals surface area contributed by atoms with E-state index < -0.39 is 6.10 Å². The first-order valence-corrected chi connectivity index (χ1v) is 8.65. The van der Waals surface area contributed by atoms with E-state index in [1.54, 1.807) is 24.3 Å². The van der Waals surface area contributed by atoms with E-state index in [-0.39, 0.29) is 17.6 Å². The van der Waals surface area contributed by atoms with Gasteiger partial charge in [0.1, 0.15) is 11.6 Å². The quantitative estimate of drug-likeness (QED) is 0.755. The molecule has 0 saturated carbocycles. The fraction of sp³-hybridized carbons (Fsp3) is 0.300. The second-order valence-corrected chi connectivity index (χ2v) is 5.76. The number of hydrogen-bond acceptors (Lipinski definition) is 3. The van der Waals surface area contributed by atoms with Crippen LogP contribution in [0.5, 0.6) is 5.75 Å². The smallest absolute Gasteiger partial charge is 0.265 e. The Morgan fingerprint density at radius 2 is 1.77 bits per heavy atom. The highest BCUT2D eigenvalue weighted by atomic mass is 19.1. The molecule has 0 fully saturated rings. The van der Waals surface area contributed by atoms with Crippen LogP contribution in [-0.4, -0.2) is 24.5 Å². The van der Waals surface area contributed by atoms with Gasteiger partial charge < -0.3 is 15.4 Å². The van der Waals surface area contributed by atoms with Crippen molar-refractivity contribution in [1.29, 1.82) is 0 Å². The molecule has 5 nitrogen and oxygen atoms in total. The number of carbonyl (C=O) groups excluding carboxylic acids is 2. The molecule has 0 saturated heterocycles. The molecule has 138 valence electrons. The highest BCUT2D eigenvalue weighted by molar-refractivity contribution is 6.04. The summed E-state index contributed by atoms with van der Waals surface area (Å²) in [5.74, 6) is -0.577. The Kier molecular flexibility index (Phi) is 7.14. The average Bonchev–Trinajstić information content (AvgIpc) is 2.66. The van der Waals surface area contributed by atoms with Crippen molar-refractivity contribution in [2.45, 2.75) is 32.8 Å². The van der Waals surface area contributed by atoms with E-state index in [9.17, 15) is 14.0 Å². The van der Waals surface area contributed by atoms with E-state index in [1.165, 1.54) is 24.3 Å². The molecule has 2 aromatic rings. The molecule has 6 heteroatoms. The predicted octanol–water partition coefficient (Wildman–Crippen LogP) is 3.76. The number of halogens is 1. The van der Waals surface area contributed by atoms with E-state index in [2.05, 4.69) is 10.6 Å². The first-order valence-electron chi connectivity index (χ1n) is 8.65. The SMILES string of the molecule is CCCNC(=O)c1ccccc1NC(=O)[C@H](CC)Oc1ccc(F)cc1. The molecule has 1 atom stereocenters. The second-order valence-electron chi connectivity index (χ2n) is 5.76. The molecule has 26 heavy (non-hydrogen) atoms. The van der Waals surface area contributed by atoms with E-state index in [1.807, 2.05) is 13.8 Å². The first kappa shape index (κ1) is 19.4. The van der Waals surface area contributed by atoms with E-state index in [0.29, 0.717) is 30.0 Å². The van der Waals surface area contributed by atoms with Gasteiger partial charge in [0.25, 0.3) is 11.8 Å². The topological polar surface area (TPSA) is 67.4 Å². The lowest BCUT2D eigenvalue weighted by Gasteiger charge is -2.18. The van der Waals surface area contributed by atoms with E-state index >= 15 is 0 Å². The Balaban J connectivity index is 2.09. The molecule has 2 rings (SSSR count). The Morgan fingerprint density at radius 1 is 1.08 bits per heavy atom. The third-order valence-corrected chi connectivity index (χ3v) is 3.72. The van der Waals surface area contributed by atoms with Crippen LogP contribution in [0.15, 0.2) is 48.5 Å². The molecule has 0 bridgehead atoms. The maximum atomic E-state index is 13.0. The van der Waals surface area contributed by atoms with E-state index in [4.69, 9.17) is 4.74 Å². The minimum atomic E-state index is -0.757. The molecule has 0 heterocycles. The third-order valence-electron chi connectivity index (χ3n) is 3.72. The molecule has 0 aliphatic heterocycles. The summed E-state index contributed by atoms with van der Waals surface area (Å²) in [7, 11) is 0. The second kappa shape index (κ2) is 9.56. The Hall–Kier alpha value is -2.89. The Labute approximate surface area is 152 Å². The zero-order valence-corrected chi connectivity index (χ0v) is 14.9. The predicted molar refractivity (Wildman–Crippen MR) is 98.8 cm³/mol. The van der Waals surface area contributed by atoms with Crippen molar-refractivity contribution >= 4 is 17.5 Å². The number of amides is 2. The summed E-state index contributed by atoms with van der Waals surface area (Å²) in [6.45, 7) is 4.34. The van der Waals surface area contributed by atoms with Crippen LogP contribution in [0.25, 0.3) is 0 Å². The number of anilines is 1. The minimum Gasteiger partial charge on any atom is -0.481 e.